The molecule has 1 aliphatic heterocycles. The first-order valence-corrected chi connectivity index (χ1v) is 10.5. The number of amides is 2. The SMILES string of the molecule is COc1cc(OC)cc(C(NC(=O)C2=NN(c3ccccc3)C(=O)CC2)c2nccn2C)c1. The lowest BCUT2D eigenvalue weighted by Gasteiger charge is -2.25. The lowest BCUT2D eigenvalue weighted by molar-refractivity contribution is -0.119. The van der Waals surface area contributed by atoms with Crippen molar-refractivity contribution < 1.29 is 19.1 Å². The van der Waals surface area contributed by atoms with Crippen molar-refractivity contribution in [1.82, 2.24) is 14.9 Å². The fourth-order valence-corrected chi connectivity index (χ4v) is 3.65. The molecule has 9 heteroatoms. The van der Waals surface area contributed by atoms with E-state index in [4.69, 9.17) is 9.47 Å². The van der Waals surface area contributed by atoms with Crippen LogP contribution >= 0.6 is 0 Å². The zero-order valence-corrected chi connectivity index (χ0v) is 18.7. The standard InChI is InChI=1S/C24H25N5O4/c1-28-12-11-25-23(28)22(16-13-18(32-2)15-19(14-16)33-3)26-24(31)20-9-10-21(30)29(27-20)17-7-5-4-6-8-17/h4-8,11-15,22H,9-10H2,1-3H3,(H,26,31). The second-order valence-corrected chi connectivity index (χ2v) is 7.54. The number of nitrogens with zero attached hydrogens (tertiary/aromatic N) is 4. The molecule has 0 spiro atoms. The Bertz CT molecular complexity index is 1170. The Balaban J connectivity index is 1.68. The molecule has 2 aromatic carbocycles. The quantitative estimate of drug-likeness (QED) is 0.601. The Labute approximate surface area is 191 Å². The molecule has 1 unspecified atom stereocenters. The van der Waals surface area contributed by atoms with Gasteiger partial charge in [-0.2, -0.15) is 5.10 Å². The van der Waals surface area contributed by atoms with Gasteiger partial charge in [-0.15, -0.1) is 0 Å². The van der Waals surface area contributed by atoms with Gasteiger partial charge in [-0.25, -0.2) is 9.99 Å². The highest BCUT2D eigenvalue weighted by molar-refractivity contribution is 6.40. The number of carbonyl (C=O) groups is 2. The van der Waals surface area contributed by atoms with Gasteiger partial charge in [-0.3, -0.25) is 9.59 Å². The minimum atomic E-state index is -0.591. The molecule has 1 aliphatic rings. The monoisotopic (exact) mass is 447 g/mol. The molecule has 1 aromatic heterocycles. The van der Waals surface area contributed by atoms with E-state index in [1.54, 1.807) is 44.8 Å². The van der Waals surface area contributed by atoms with E-state index in [2.05, 4.69) is 15.4 Å². The Kier molecular flexibility index (Phi) is 6.39. The third-order valence-corrected chi connectivity index (χ3v) is 5.39. The summed E-state index contributed by atoms with van der Waals surface area (Å²) >= 11 is 0. The number of anilines is 1. The van der Waals surface area contributed by atoms with Gasteiger partial charge in [0.1, 0.15) is 29.1 Å². The van der Waals surface area contributed by atoms with Gasteiger partial charge >= 0.3 is 0 Å². The molecular weight excluding hydrogens is 422 g/mol. The maximum atomic E-state index is 13.3. The number of methoxy groups -OCH3 is 2. The van der Waals surface area contributed by atoms with Crippen molar-refractivity contribution in [3.8, 4) is 11.5 Å². The molecule has 0 radical (unpaired) electrons. The number of hydrogen-bond donors (Lipinski definition) is 1. The van der Waals surface area contributed by atoms with Crippen molar-refractivity contribution in [3.63, 3.8) is 0 Å². The molecule has 2 heterocycles. The predicted octanol–water partition coefficient (Wildman–Crippen LogP) is 2.83. The van der Waals surface area contributed by atoms with E-state index in [0.29, 0.717) is 23.0 Å². The van der Waals surface area contributed by atoms with Crippen LogP contribution in [-0.2, 0) is 16.6 Å². The molecule has 1 atom stereocenters. The average molecular weight is 447 g/mol. The normalized spacial score (nSPS) is 14.5. The molecule has 1 N–H and O–H groups in total. The third kappa shape index (κ3) is 4.72. The van der Waals surface area contributed by atoms with Crippen LogP contribution in [0.1, 0.15) is 30.3 Å². The summed E-state index contributed by atoms with van der Waals surface area (Å²) in [4.78, 5) is 30.2. The van der Waals surface area contributed by atoms with E-state index in [-0.39, 0.29) is 30.4 Å². The minimum absolute atomic E-state index is 0.157. The van der Waals surface area contributed by atoms with Gasteiger partial charge in [0, 0.05) is 38.3 Å². The van der Waals surface area contributed by atoms with E-state index in [9.17, 15) is 9.59 Å². The van der Waals surface area contributed by atoms with Crippen LogP contribution in [0.15, 0.2) is 66.0 Å². The molecular formula is C24H25N5O4. The summed E-state index contributed by atoms with van der Waals surface area (Å²) in [6.07, 6.45) is 3.92. The number of imidazole rings is 1. The lowest BCUT2D eigenvalue weighted by Crippen LogP contribution is -2.41. The average Bonchev–Trinajstić information content (AvgIpc) is 3.28. The lowest BCUT2D eigenvalue weighted by atomic mass is 10.0. The molecule has 0 saturated carbocycles. The predicted molar refractivity (Wildman–Crippen MR) is 123 cm³/mol. The van der Waals surface area contributed by atoms with E-state index in [1.165, 1.54) is 5.01 Å². The maximum absolute atomic E-state index is 13.3. The number of hydrogen-bond acceptors (Lipinski definition) is 6. The number of rotatable bonds is 7. The Morgan fingerprint density at radius 3 is 2.36 bits per heavy atom. The maximum Gasteiger partial charge on any atom is 0.268 e. The Morgan fingerprint density at radius 2 is 1.76 bits per heavy atom. The zero-order valence-electron chi connectivity index (χ0n) is 18.7. The molecule has 9 nitrogen and oxygen atoms in total. The van der Waals surface area contributed by atoms with Gasteiger partial charge in [-0.1, -0.05) is 18.2 Å². The topological polar surface area (TPSA) is 98.1 Å². The highest BCUT2D eigenvalue weighted by atomic mass is 16.5. The fourth-order valence-electron chi connectivity index (χ4n) is 3.65. The first-order chi connectivity index (χ1) is 16.0. The summed E-state index contributed by atoms with van der Waals surface area (Å²) in [5.74, 6) is 1.28. The second-order valence-electron chi connectivity index (χ2n) is 7.54. The molecule has 0 saturated heterocycles. The van der Waals surface area contributed by atoms with Gasteiger partial charge in [-0.05, 0) is 29.8 Å². The molecule has 0 aliphatic carbocycles. The van der Waals surface area contributed by atoms with Crippen LogP contribution in [0.5, 0.6) is 11.5 Å². The smallest absolute Gasteiger partial charge is 0.268 e. The highest BCUT2D eigenvalue weighted by Gasteiger charge is 2.29. The van der Waals surface area contributed by atoms with Crippen LogP contribution < -0.4 is 19.8 Å². The van der Waals surface area contributed by atoms with Crippen LogP contribution in [0.4, 0.5) is 5.69 Å². The van der Waals surface area contributed by atoms with Crippen LogP contribution in [0, 0.1) is 0 Å². The van der Waals surface area contributed by atoms with E-state index < -0.39 is 6.04 Å². The van der Waals surface area contributed by atoms with Gasteiger partial charge in [0.2, 0.25) is 5.91 Å². The first kappa shape index (κ1) is 22.1. The first-order valence-electron chi connectivity index (χ1n) is 10.5. The van der Waals surface area contributed by atoms with Gasteiger partial charge in [0.15, 0.2) is 0 Å². The van der Waals surface area contributed by atoms with Crippen LogP contribution in [0.2, 0.25) is 0 Å². The van der Waals surface area contributed by atoms with Crippen molar-refractivity contribution in [2.45, 2.75) is 18.9 Å². The summed E-state index contributed by atoms with van der Waals surface area (Å²) in [6.45, 7) is 0. The Hall–Kier alpha value is -4.14. The highest BCUT2D eigenvalue weighted by Crippen LogP contribution is 2.30. The van der Waals surface area contributed by atoms with Gasteiger partial charge in [0.05, 0.1) is 19.9 Å². The number of hydrazone groups is 1. The minimum Gasteiger partial charge on any atom is -0.497 e. The number of aromatic nitrogens is 2. The molecule has 2 amide bonds. The molecule has 170 valence electrons. The molecule has 0 bridgehead atoms. The summed E-state index contributed by atoms with van der Waals surface area (Å²) in [5.41, 5.74) is 1.62. The van der Waals surface area contributed by atoms with E-state index in [0.717, 1.165) is 5.56 Å². The van der Waals surface area contributed by atoms with E-state index >= 15 is 0 Å². The summed E-state index contributed by atoms with van der Waals surface area (Å²) in [6, 6.07) is 13.9. The number of nitrogens with one attached hydrogen (secondary N) is 1. The van der Waals surface area contributed by atoms with Crippen molar-refractivity contribution in [2.24, 2.45) is 12.1 Å². The van der Waals surface area contributed by atoms with Crippen LogP contribution in [0.3, 0.4) is 0 Å². The van der Waals surface area contributed by atoms with Gasteiger partial charge in [0.25, 0.3) is 5.91 Å². The van der Waals surface area contributed by atoms with Crippen molar-refractivity contribution in [1.29, 1.82) is 0 Å². The number of aryl methyl sites for hydroxylation is 1. The van der Waals surface area contributed by atoms with Crippen molar-refractivity contribution in [2.75, 3.05) is 19.2 Å². The summed E-state index contributed by atoms with van der Waals surface area (Å²) < 4.78 is 12.6. The largest absolute Gasteiger partial charge is 0.497 e. The van der Waals surface area contributed by atoms with Crippen LogP contribution in [-0.4, -0.2) is 41.3 Å². The summed E-state index contributed by atoms with van der Waals surface area (Å²) in [7, 11) is 4.99. The van der Waals surface area contributed by atoms with Crippen LogP contribution in [0.25, 0.3) is 0 Å². The fraction of sp³-hybridized carbons (Fsp3) is 0.250. The number of carbonyl (C=O) groups excluding carboxylic acids is 2. The molecule has 3 aromatic rings. The number of benzene rings is 2. The zero-order chi connectivity index (χ0) is 23.4. The number of ether oxygens (including phenoxy) is 2. The van der Waals surface area contributed by atoms with Crippen molar-refractivity contribution >= 4 is 23.2 Å². The molecule has 0 fully saturated rings. The van der Waals surface area contributed by atoms with Gasteiger partial charge < -0.3 is 19.4 Å². The molecule has 4 rings (SSSR count). The van der Waals surface area contributed by atoms with E-state index in [1.807, 2.05) is 41.9 Å². The number of para-hydroxylation sites is 1. The third-order valence-electron chi connectivity index (χ3n) is 5.39. The van der Waals surface area contributed by atoms with Crippen molar-refractivity contribution in [3.05, 3.63) is 72.3 Å². The second kappa shape index (κ2) is 9.56. The summed E-state index contributed by atoms with van der Waals surface area (Å²) in [5, 5.41) is 8.68. The molecule has 33 heavy (non-hydrogen) atoms. The Morgan fingerprint density at radius 1 is 1.06 bits per heavy atom.